The fraction of sp³-hybridized carbons (Fsp3) is 0.333. The van der Waals surface area contributed by atoms with Crippen LogP contribution in [-0.4, -0.2) is 16.5 Å². The van der Waals surface area contributed by atoms with Gasteiger partial charge < -0.3 is 5.73 Å². The van der Waals surface area contributed by atoms with Gasteiger partial charge in [0.05, 0.1) is 0 Å². The van der Waals surface area contributed by atoms with Crippen LogP contribution in [0.5, 0.6) is 0 Å². The van der Waals surface area contributed by atoms with Gasteiger partial charge in [0.1, 0.15) is 5.03 Å². The molecular weight excluding hydrogens is 146 g/mol. The summed E-state index contributed by atoms with van der Waals surface area (Å²) < 4.78 is 0. The number of nitrogens with zero attached hydrogens (tertiary/aromatic N) is 2. The van der Waals surface area contributed by atoms with Crippen molar-refractivity contribution in [1.29, 1.82) is 0 Å². The normalized spacial score (nSPS) is 9.80. The molecular formula is C6H9N3S. The Bertz CT molecular complexity index is 191. The fourth-order valence-electron chi connectivity index (χ4n) is 0.672. The molecule has 0 aromatic carbocycles. The molecule has 0 amide bonds. The Labute approximate surface area is 64.0 Å². The Kier molecular flexibility index (Phi) is 2.65. The molecule has 0 fully saturated rings. The van der Waals surface area contributed by atoms with Gasteiger partial charge in [-0.2, -0.15) is 5.10 Å². The molecule has 0 unspecified atom stereocenters. The molecule has 0 aliphatic rings. The first kappa shape index (κ1) is 7.50. The summed E-state index contributed by atoms with van der Waals surface area (Å²) in [7, 11) is 0. The minimum absolute atomic E-state index is 0.533. The molecule has 54 valence electrons. The zero-order valence-electron chi connectivity index (χ0n) is 5.74. The second-order valence-electron chi connectivity index (χ2n) is 1.77. The van der Waals surface area contributed by atoms with Crippen molar-refractivity contribution in [3.63, 3.8) is 0 Å². The predicted molar refractivity (Wildman–Crippen MR) is 41.7 cm³/mol. The van der Waals surface area contributed by atoms with Gasteiger partial charge in [0.15, 0.2) is 0 Å². The van der Waals surface area contributed by atoms with Crippen LogP contribution in [0.25, 0.3) is 0 Å². The van der Waals surface area contributed by atoms with Crippen molar-refractivity contribution in [3.05, 3.63) is 17.8 Å². The molecule has 0 bridgehead atoms. The minimum Gasteiger partial charge on any atom is -0.326 e. The highest BCUT2D eigenvalue weighted by Crippen LogP contribution is 2.14. The van der Waals surface area contributed by atoms with Crippen molar-refractivity contribution in [2.75, 3.05) is 6.26 Å². The molecule has 1 aromatic heterocycles. The van der Waals surface area contributed by atoms with Crippen molar-refractivity contribution in [2.45, 2.75) is 11.6 Å². The van der Waals surface area contributed by atoms with E-state index in [-0.39, 0.29) is 0 Å². The standard InChI is InChI=1S/C6H9N3S/c1-10-6-5(4-7)2-3-8-9-6/h2-3H,4,7H2,1H3. The first-order valence-corrected chi connectivity index (χ1v) is 4.15. The monoisotopic (exact) mass is 155 g/mol. The van der Waals surface area contributed by atoms with Gasteiger partial charge in [-0.3, -0.25) is 0 Å². The third-order valence-electron chi connectivity index (χ3n) is 1.18. The van der Waals surface area contributed by atoms with Gasteiger partial charge >= 0.3 is 0 Å². The van der Waals surface area contributed by atoms with Gasteiger partial charge in [-0.25, -0.2) is 0 Å². The van der Waals surface area contributed by atoms with Crippen LogP contribution < -0.4 is 5.73 Å². The zero-order valence-corrected chi connectivity index (χ0v) is 6.56. The van der Waals surface area contributed by atoms with E-state index >= 15 is 0 Å². The predicted octanol–water partition coefficient (Wildman–Crippen LogP) is 0.657. The lowest BCUT2D eigenvalue weighted by Gasteiger charge is -1.99. The third-order valence-corrected chi connectivity index (χ3v) is 1.91. The Morgan fingerprint density at radius 1 is 1.70 bits per heavy atom. The van der Waals surface area contributed by atoms with Crippen LogP contribution in [0.2, 0.25) is 0 Å². The van der Waals surface area contributed by atoms with Gasteiger partial charge in [-0.1, -0.05) is 0 Å². The Morgan fingerprint density at radius 3 is 3.00 bits per heavy atom. The third kappa shape index (κ3) is 1.46. The smallest absolute Gasteiger partial charge is 0.123 e. The summed E-state index contributed by atoms with van der Waals surface area (Å²) in [5.74, 6) is 0. The molecule has 3 nitrogen and oxygen atoms in total. The van der Waals surface area contributed by atoms with Crippen molar-refractivity contribution < 1.29 is 0 Å². The lowest BCUT2D eigenvalue weighted by molar-refractivity contribution is 0.868. The number of thioether (sulfide) groups is 1. The number of aromatic nitrogens is 2. The number of hydrogen-bond donors (Lipinski definition) is 1. The van der Waals surface area contributed by atoms with Crippen LogP contribution in [0.1, 0.15) is 5.56 Å². The second-order valence-corrected chi connectivity index (χ2v) is 2.56. The Morgan fingerprint density at radius 2 is 2.50 bits per heavy atom. The Balaban J connectivity index is 2.96. The van der Waals surface area contributed by atoms with Gasteiger partial charge in [-0.15, -0.1) is 16.9 Å². The van der Waals surface area contributed by atoms with Crippen molar-refractivity contribution in [1.82, 2.24) is 10.2 Å². The van der Waals surface area contributed by atoms with Gasteiger partial charge in [0.25, 0.3) is 0 Å². The van der Waals surface area contributed by atoms with Crippen LogP contribution >= 0.6 is 11.8 Å². The van der Waals surface area contributed by atoms with E-state index in [4.69, 9.17) is 5.73 Å². The van der Waals surface area contributed by atoms with E-state index in [1.807, 2.05) is 12.3 Å². The van der Waals surface area contributed by atoms with Gasteiger partial charge in [0, 0.05) is 18.3 Å². The van der Waals surface area contributed by atoms with Crippen molar-refractivity contribution in [2.24, 2.45) is 5.73 Å². The molecule has 10 heavy (non-hydrogen) atoms. The summed E-state index contributed by atoms with van der Waals surface area (Å²) in [6, 6.07) is 1.89. The lowest BCUT2D eigenvalue weighted by atomic mass is 10.3. The molecule has 1 rings (SSSR count). The molecule has 1 heterocycles. The number of hydrogen-bond acceptors (Lipinski definition) is 4. The molecule has 0 aliphatic heterocycles. The number of nitrogens with two attached hydrogens (primary N) is 1. The van der Waals surface area contributed by atoms with E-state index in [2.05, 4.69) is 10.2 Å². The average molecular weight is 155 g/mol. The quantitative estimate of drug-likeness (QED) is 0.637. The van der Waals surface area contributed by atoms with E-state index in [1.54, 1.807) is 18.0 Å². The summed E-state index contributed by atoms with van der Waals surface area (Å²) in [5, 5.41) is 8.56. The topological polar surface area (TPSA) is 51.8 Å². The van der Waals surface area contributed by atoms with E-state index in [0.717, 1.165) is 10.6 Å². The van der Waals surface area contributed by atoms with Crippen LogP contribution in [0.4, 0.5) is 0 Å². The molecule has 0 saturated carbocycles. The highest BCUT2D eigenvalue weighted by atomic mass is 32.2. The average Bonchev–Trinajstić information content (AvgIpc) is 2.04. The summed E-state index contributed by atoms with van der Waals surface area (Å²) >= 11 is 1.57. The van der Waals surface area contributed by atoms with Crippen molar-refractivity contribution in [3.8, 4) is 0 Å². The van der Waals surface area contributed by atoms with Gasteiger partial charge in [-0.05, 0) is 12.3 Å². The Hall–Kier alpha value is -0.610. The number of rotatable bonds is 2. The van der Waals surface area contributed by atoms with Crippen LogP contribution in [0, 0.1) is 0 Å². The largest absolute Gasteiger partial charge is 0.326 e. The maximum atomic E-state index is 5.45. The molecule has 0 spiro atoms. The summed E-state index contributed by atoms with van der Waals surface area (Å²) in [5.41, 5.74) is 6.50. The SMILES string of the molecule is CSc1nnccc1CN. The summed E-state index contributed by atoms with van der Waals surface area (Å²) in [6.07, 6.45) is 3.62. The van der Waals surface area contributed by atoms with E-state index in [9.17, 15) is 0 Å². The molecule has 4 heteroatoms. The molecule has 0 atom stereocenters. The first-order chi connectivity index (χ1) is 4.88. The molecule has 1 aromatic rings. The molecule has 0 radical (unpaired) electrons. The zero-order chi connectivity index (χ0) is 7.40. The van der Waals surface area contributed by atoms with E-state index < -0.39 is 0 Å². The van der Waals surface area contributed by atoms with Crippen LogP contribution in [0.15, 0.2) is 17.3 Å². The highest BCUT2D eigenvalue weighted by Gasteiger charge is 1.98. The molecule has 2 N–H and O–H groups in total. The fourth-order valence-corrected chi connectivity index (χ4v) is 1.21. The first-order valence-electron chi connectivity index (χ1n) is 2.93. The second kappa shape index (κ2) is 3.53. The maximum Gasteiger partial charge on any atom is 0.123 e. The van der Waals surface area contributed by atoms with Crippen LogP contribution in [-0.2, 0) is 6.54 Å². The maximum absolute atomic E-state index is 5.45. The van der Waals surface area contributed by atoms with E-state index in [1.165, 1.54) is 0 Å². The highest BCUT2D eigenvalue weighted by molar-refractivity contribution is 7.98. The minimum atomic E-state index is 0.533. The summed E-state index contributed by atoms with van der Waals surface area (Å²) in [6.45, 7) is 0.533. The summed E-state index contributed by atoms with van der Waals surface area (Å²) in [4.78, 5) is 0. The van der Waals surface area contributed by atoms with Gasteiger partial charge in [0.2, 0.25) is 0 Å². The van der Waals surface area contributed by atoms with Crippen molar-refractivity contribution >= 4 is 11.8 Å². The van der Waals surface area contributed by atoms with E-state index in [0.29, 0.717) is 6.54 Å². The molecule has 0 aliphatic carbocycles. The van der Waals surface area contributed by atoms with Crippen LogP contribution in [0.3, 0.4) is 0 Å². The lowest BCUT2D eigenvalue weighted by Crippen LogP contribution is -2.00. The molecule has 0 saturated heterocycles.